The van der Waals surface area contributed by atoms with Gasteiger partial charge < -0.3 is 10.5 Å². The fourth-order valence-electron chi connectivity index (χ4n) is 1.04. The fourth-order valence-corrected chi connectivity index (χ4v) is 1.26. The highest BCUT2D eigenvalue weighted by Crippen LogP contribution is 2.21. The van der Waals surface area contributed by atoms with Gasteiger partial charge >= 0.3 is 0 Å². The van der Waals surface area contributed by atoms with Crippen LogP contribution in [0.15, 0.2) is 18.2 Å². The van der Waals surface area contributed by atoms with Crippen LogP contribution in [0.1, 0.15) is 12.0 Å². The van der Waals surface area contributed by atoms with Crippen molar-refractivity contribution in [3.63, 3.8) is 0 Å². The van der Waals surface area contributed by atoms with Crippen molar-refractivity contribution < 1.29 is 9.53 Å². The Kier molecular flexibility index (Phi) is 3.77. The van der Waals surface area contributed by atoms with E-state index in [9.17, 15) is 4.79 Å². The van der Waals surface area contributed by atoms with E-state index in [-0.39, 0.29) is 12.3 Å². The third-order valence-corrected chi connectivity index (χ3v) is 1.98. The van der Waals surface area contributed by atoms with E-state index in [1.165, 1.54) is 0 Å². The Hall–Kier alpha value is -1.22. The Balaban J connectivity index is 2.55. The molecular formula is C10H12ClNO2. The van der Waals surface area contributed by atoms with Gasteiger partial charge in [0.05, 0.1) is 13.0 Å². The van der Waals surface area contributed by atoms with Crippen molar-refractivity contribution >= 4 is 17.5 Å². The maximum absolute atomic E-state index is 10.4. The number of carbonyl (C=O) groups is 1. The first-order valence-electron chi connectivity index (χ1n) is 4.27. The van der Waals surface area contributed by atoms with E-state index in [0.29, 0.717) is 11.6 Å². The van der Waals surface area contributed by atoms with Crippen LogP contribution in [0.5, 0.6) is 5.75 Å². The zero-order chi connectivity index (χ0) is 10.6. The van der Waals surface area contributed by atoms with Gasteiger partial charge in [-0.3, -0.25) is 4.79 Å². The SMILES string of the molecule is Cc1cc(Cl)ccc1OCCC(N)=O. The minimum absolute atomic E-state index is 0.224. The number of hydrogen-bond acceptors (Lipinski definition) is 2. The lowest BCUT2D eigenvalue weighted by Gasteiger charge is -2.07. The van der Waals surface area contributed by atoms with E-state index >= 15 is 0 Å². The molecule has 4 heteroatoms. The molecule has 0 aromatic heterocycles. The second kappa shape index (κ2) is 4.86. The lowest BCUT2D eigenvalue weighted by molar-refractivity contribution is -0.118. The Morgan fingerprint density at radius 3 is 2.86 bits per heavy atom. The average molecular weight is 214 g/mol. The normalized spacial score (nSPS) is 9.86. The van der Waals surface area contributed by atoms with E-state index in [1.807, 2.05) is 6.92 Å². The Morgan fingerprint density at radius 2 is 2.29 bits per heavy atom. The smallest absolute Gasteiger partial charge is 0.220 e. The lowest BCUT2D eigenvalue weighted by atomic mass is 10.2. The summed E-state index contributed by atoms with van der Waals surface area (Å²) in [6.07, 6.45) is 0.224. The summed E-state index contributed by atoms with van der Waals surface area (Å²) in [5, 5.41) is 0.671. The molecule has 1 rings (SSSR count). The van der Waals surface area contributed by atoms with Gasteiger partial charge in [-0.1, -0.05) is 11.6 Å². The zero-order valence-electron chi connectivity index (χ0n) is 7.92. The number of aryl methyl sites for hydroxylation is 1. The summed E-state index contributed by atoms with van der Waals surface area (Å²) in [4.78, 5) is 10.4. The summed E-state index contributed by atoms with van der Waals surface area (Å²) in [5.74, 6) is 0.368. The Morgan fingerprint density at radius 1 is 1.57 bits per heavy atom. The van der Waals surface area contributed by atoms with Crippen molar-refractivity contribution in [1.82, 2.24) is 0 Å². The van der Waals surface area contributed by atoms with Gasteiger partial charge in [0, 0.05) is 5.02 Å². The molecule has 0 aliphatic rings. The van der Waals surface area contributed by atoms with Crippen molar-refractivity contribution in [3.05, 3.63) is 28.8 Å². The molecule has 0 saturated heterocycles. The van der Waals surface area contributed by atoms with Gasteiger partial charge in [-0.15, -0.1) is 0 Å². The van der Waals surface area contributed by atoms with Crippen LogP contribution in [0.3, 0.4) is 0 Å². The first-order valence-corrected chi connectivity index (χ1v) is 4.64. The number of nitrogens with two attached hydrogens (primary N) is 1. The van der Waals surface area contributed by atoms with Gasteiger partial charge in [-0.25, -0.2) is 0 Å². The zero-order valence-corrected chi connectivity index (χ0v) is 8.67. The molecule has 0 saturated carbocycles. The molecule has 1 aromatic carbocycles. The number of carbonyl (C=O) groups excluding carboxylic acids is 1. The summed E-state index contributed by atoms with van der Waals surface area (Å²) < 4.78 is 5.34. The molecule has 2 N–H and O–H groups in total. The number of rotatable bonds is 4. The highest BCUT2D eigenvalue weighted by Gasteiger charge is 2.01. The van der Waals surface area contributed by atoms with Gasteiger partial charge in [0.15, 0.2) is 0 Å². The molecule has 1 amide bonds. The number of benzene rings is 1. The monoisotopic (exact) mass is 213 g/mol. The molecule has 0 unspecified atom stereocenters. The van der Waals surface area contributed by atoms with E-state index in [0.717, 1.165) is 11.3 Å². The molecule has 0 fully saturated rings. The molecule has 0 radical (unpaired) electrons. The second-order valence-corrected chi connectivity index (χ2v) is 3.41. The van der Waals surface area contributed by atoms with Crippen molar-refractivity contribution in [2.45, 2.75) is 13.3 Å². The van der Waals surface area contributed by atoms with E-state index < -0.39 is 0 Å². The summed E-state index contributed by atoms with van der Waals surface area (Å²) >= 11 is 5.77. The van der Waals surface area contributed by atoms with E-state index in [1.54, 1.807) is 18.2 Å². The van der Waals surface area contributed by atoms with Crippen LogP contribution in [0.4, 0.5) is 0 Å². The largest absolute Gasteiger partial charge is 0.493 e. The number of amides is 1. The number of primary amides is 1. The van der Waals surface area contributed by atoms with Gasteiger partial charge in [0.2, 0.25) is 5.91 Å². The van der Waals surface area contributed by atoms with Crippen molar-refractivity contribution in [2.24, 2.45) is 5.73 Å². The van der Waals surface area contributed by atoms with E-state index in [4.69, 9.17) is 22.1 Å². The molecule has 0 aliphatic heterocycles. The average Bonchev–Trinajstić information content (AvgIpc) is 2.08. The quantitative estimate of drug-likeness (QED) is 0.831. The molecule has 0 spiro atoms. The van der Waals surface area contributed by atoms with Crippen molar-refractivity contribution in [1.29, 1.82) is 0 Å². The molecule has 0 bridgehead atoms. The topological polar surface area (TPSA) is 52.3 Å². The van der Waals surface area contributed by atoms with Crippen LogP contribution in [0, 0.1) is 6.92 Å². The molecule has 14 heavy (non-hydrogen) atoms. The molecular weight excluding hydrogens is 202 g/mol. The molecule has 0 aliphatic carbocycles. The molecule has 76 valence electrons. The lowest BCUT2D eigenvalue weighted by Crippen LogP contribution is -2.14. The number of halogens is 1. The Labute approximate surface area is 87.8 Å². The predicted molar refractivity (Wildman–Crippen MR) is 55.5 cm³/mol. The van der Waals surface area contributed by atoms with Crippen molar-refractivity contribution in [3.8, 4) is 5.75 Å². The van der Waals surface area contributed by atoms with Crippen LogP contribution in [-0.2, 0) is 4.79 Å². The fraction of sp³-hybridized carbons (Fsp3) is 0.300. The Bertz CT molecular complexity index is 339. The summed E-state index contributed by atoms with van der Waals surface area (Å²) in [6, 6.07) is 5.33. The first-order chi connectivity index (χ1) is 6.59. The molecule has 0 heterocycles. The number of hydrogen-bond donors (Lipinski definition) is 1. The van der Waals surface area contributed by atoms with Crippen LogP contribution >= 0.6 is 11.6 Å². The highest BCUT2D eigenvalue weighted by molar-refractivity contribution is 6.30. The third-order valence-electron chi connectivity index (χ3n) is 1.74. The molecule has 0 atom stereocenters. The van der Waals surface area contributed by atoms with Crippen molar-refractivity contribution in [2.75, 3.05) is 6.61 Å². The van der Waals surface area contributed by atoms with Gasteiger partial charge in [0.25, 0.3) is 0 Å². The van der Waals surface area contributed by atoms with Gasteiger partial charge in [-0.05, 0) is 30.7 Å². The summed E-state index contributed by atoms with van der Waals surface area (Å²) in [5.41, 5.74) is 5.92. The van der Waals surface area contributed by atoms with Crippen LogP contribution < -0.4 is 10.5 Å². The van der Waals surface area contributed by atoms with Crippen LogP contribution in [0.25, 0.3) is 0 Å². The molecule has 3 nitrogen and oxygen atoms in total. The number of ether oxygens (including phenoxy) is 1. The standard InChI is InChI=1S/C10H12ClNO2/c1-7-6-8(11)2-3-9(7)14-5-4-10(12)13/h2-3,6H,4-5H2,1H3,(H2,12,13). The van der Waals surface area contributed by atoms with Gasteiger partial charge in [0.1, 0.15) is 5.75 Å². The minimum Gasteiger partial charge on any atom is -0.493 e. The van der Waals surface area contributed by atoms with Gasteiger partial charge in [-0.2, -0.15) is 0 Å². The van der Waals surface area contributed by atoms with E-state index in [2.05, 4.69) is 0 Å². The second-order valence-electron chi connectivity index (χ2n) is 2.97. The summed E-state index contributed by atoms with van der Waals surface area (Å²) in [7, 11) is 0. The van der Waals surface area contributed by atoms with Crippen LogP contribution in [-0.4, -0.2) is 12.5 Å². The minimum atomic E-state index is -0.364. The predicted octanol–water partition coefficient (Wildman–Crippen LogP) is 1.90. The maximum atomic E-state index is 10.4. The maximum Gasteiger partial charge on any atom is 0.220 e. The molecule has 1 aromatic rings. The van der Waals surface area contributed by atoms with Crippen LogP contribution in [0.2, 0.25) is 5.02 Å². The summed E-state index contributed by atoms with van der Waals surface area (Å²) in [6.45, 7) is 2.20. The third kappa shape index (κ3) is 3.26. The highest BCUT2D eigenvalue weighted by atomic mass is 35.5. The first kappa shape index (κ1) is 10.9.